The minimum Gasteiger partial charge on any atom is -0.494 e. The van der Waals surface area contributed by atoms with E-state index < -0.39 is 11.2 Å². The van der Waals surface area contributed by atoms with Crippen LogP contribution in [0.4, 0.5) is 0 Å². The van der Waals surface area contributed by atoms with Crippen LogP contribution in [0.5, 0.6) is 5.88 Å². The molecule has 6 heteroatoms. The van der Waals surface area contributed by atoms with Crippen molar-refractivity contribution in [2.75, 3.05) is 0 Å². The monoisotopic (exact) mass is 328 g/mol. The van der Waals surface area contributed by atoms with Crippen molar-refractivity contribution in [2.24, 2.45) is 0 Å². The van der Waals surface area contributed by atoms with Crippen molar-refractivity contribution < 1.29 is 5.11 Å². The van der Waals surface area contributed by atoms with Gasteiger partial charge in [0.05, 0.1) is 6.54 Å². The summed E-state index contributed by atoms with van der Waals surface area (Å²) in [7, 11) is 0. The lowest BCUT2D eigenvalue weighted by Gasteiger charge is -2.11. The number of aromatic amines is 1. The second kappa shape index (κ2) is 6.14. The molecule has 0 spiro atoms. The van der Waals surface area contributed by atoms with E-state index in [0.717, 1.165) is 10.1 Å². The van der Waals surface area contributed by atoms with Crippen LogP contribution in [0, 0.1) is 0 Å². The number of benzene rings is 2. The number of halogens is 1. The molecular formula is C17H13ClN2O3. The third-order valence-electron chi connectivity index (χ3n) is 3.49. The number of rotatable bonds is 3. The van der Waals surface area contributed by atoms with E-state index in [-0.39, 0.29) is 18.0 Å². The van der Waals surface area contributed by atoms with Crippen molar-refractivity contribution in [2.45, 2.75) is 6.54 Å². The SMILES string of the molecule is O=c1[nH]c(=O)n(Cc2ccccc2)c(O)c1-c1ccc(Cl)cc1. The van der Waals surface area contributed by atoms with Gasteiger partial charge in [0.25, 0.3) is 5.56 Å². The number of nitrogens with one attached hydrogen (secondary N) is 1. The zero-order valence-corrected chi connectivity index (χ0v) is 12.7. The highest BCUT2D eigenvalue weighted by Gasteiger charge is 2.16. The molecule has 0 saturated heterocycles. The third kappa shape index (κ3) is 3.05. The zero-order chi connectivity index (χ0) is 16.4. The summed E-state index contributed by atoms with van der Waals surface area (Å²) in [4.78, 5) is 26.4. The Morgan fingerprint density at radius 2 is 1.65 bits per heavy atom. The standard InChI is InChI=1S/C17H13ClN2O3/c18-13-8-6-12(7-9-13)14-15(21)19-17(23)20(16(14)22)10-11-4-2-1-3-5-11/h1-9,22H,10H2,(H,19,21,23). The largest absolute Gasteiger partial charge is 0.494 e. The Hall–Kier alpha value is -2.79. The van der Waals surface area contributed by atoms with Crippen LogP contribution in [0.3, 0.4) is 0 Å². The highest BCUT2D eigenvalue weighted by atomic mass is 35.5. The molecule has 0 radical (unpaired) electrons. The average Bonchev–Trinajstić information content (AvgIpc) is 2.54. The summed E-state index contributed by atoms with van der Waals surface area (Å²) >= 11 is 5.84. The van der Waals surface area contributed by atoms with Crippen molar-refractivity contribution in [1.82, 2.24) is 9.55 Å². The van der Waals surface area contributed by atoms with E-state index in [1.807, 2.05) is 30.3 Å². The molecule has 0 bridgehead atoms. The first-order chi connectivity index (χ1) is 11.1. The van der Waals surface area contributed by atoms with E-state index in [0.29, 0.717) is 10.6 Å². The lowest BCUT2D eigenvalue weighted by Crippen LogP contribution is -2.31. The summed E-state index contributed by atoms with van der Waals surface area (Å²) < 4.78 is 1.13. The van der Waals surface area contributed by atoms with Crippen molar-refractivity contribution in [3.8, 4) is 17.0 Å². The predicted molar refractivity (Wildman–Crippen MR) is 89.0 cm³/mol. The predicted octanol–water partition coefficient (Wildman–Crippen LogP) is 2.61. The molecule has 3 aromatic rings. The highest BCUT2D eigenvalue weighted by Crippen LogP contribution is 2.25. The fourth-order valence-corrected chi connectivity index (χ4v) is 2.48. The molecule has 0 aliphatic carbocycles. The van der Waals surface area contributed by atoms with Gasteiger partial charge in [-0.1, -0.05) is 54.1 Å². The molecule has 2 N–H and O–H groups in total. The van der Waals surface area contributed by atoms with Gasteiger partial charge in [-0.15, -0.1) is 0 Å². The molecule has 116 valence electrons. The van der Waals surface area contributed by atoms with E-state index >= 15 is 0 Å². The molecular weight excluding hydrogens is 316 g/mol. The van der Waals surface area contributed by atoms with Crippen molar-refractivity contribution in [3.63, 3.8) is 0 Å². The van der Waals surface area contributed by atoms with Gasteiger partial charge in [0.2, 0.25) is 5.88 Å². The first-order valence-electron chi connectivity index (χ1n) is 6.92. The minimum absolute atomic E-state index is 0.0391. The zero-order valence-electron chi connectivity index (χ0n) is 12.0. The number of nitrogens with zero attached hydrogens (tertiary/aromatic N) is 1. The molecule has 0 fully saturated rings. The van der Waals surface area contributed by atoms with Crippen molar-refractivity contribution >= 4 is 11.6 Å². The van der Waals surface area contributed by atoms with Gasteiger partial charge in [0.15, 0.2) is 0 Å². The molecule has 0 amide bonds. The molecule has 0 saturated carbocycles. The van der Waals surface area contributed by atoms with Gasteiger partial charge in [-0.3, -0.25) is 14.3 Å². The van der Waals surface area contributed by atoms with E-state index in [1.54, 1.807) is 24.3 Å². The van der Waals surface area contributed by atoms with Crippen LogP contribution in [0.1, 0.15) is 5.56 Å². The Morgan fingerprint density at radius 3 is 2.30 bits per heavy atom. The second-order valence-corrected chi connectivity index (χ2v) is 5.47. The molecule has 2 aromatic carbocycles. The van der Waals surface area contributed by atoms with Gasteiger partial charge in [-0.25, -0.2) is 4.79 Å². The van der Waals surface area contributed by atoms with Crippen LogP contribution < -0.4 is 11.2 Å². The maximum Gasteiger partial charge on any atom is 0.331 e. The minimum atomic E-state index is -0.658. The summed E-state index contributed by atoms with van der Waals surface area (Å²) in [6, 6.07) is 15.7. The van der Waals surface area contributed by atoms with Crippen LogP contribution >= 0.6 is 11.6 Å². The summed E-state index contributed by atoms with van der Waals surface area (Å²) in [5.74, 6) is -0.370. The normalized spacial score (nSPS) is 10.7. The fourth-order valence-electron chi connectivity index (χ4n) is 2.35. The number of aromatic nitrogens is 2. The molecule has 1 aromatic heterocycles. The summed E-state index contributed by atoms with van der Waals surface area (Å²) in [5, 5.41) is 11.0. The first kappa shape index (κ1) is 15.1. The van der Waals surface area contributed by atoms with Gasteiger partial charge in [0.1, 0.15) is 5.56 Å². The molecule has 1 heterocycles. The molecule has 5 nitrogen and oxygen atoms in total. The molecule has 0 aliphatic heterocycles. The highest BCUT2D eigenvalue weighted by molar-refractivity contribution is 6.30. The molecule has 0 aliphatic rings. The lowest BCUT2D eigenvalue weighted by molar-refractivity contribution is 0.412. The Morgan fingerprint density at radius 1 is 1.00 bits per heavy atom. The van der Waals surface area contributed by atoms with E-state index in [4.69, 9.17) is 11.6 Å². The van der Waals surface area contributed by atoms with Crippen LogP contribution in [0.15, 0.2) is 64.2 Å². The summed E-state index contributed by atoms with van der Waals surface area (Å²) in [6.07, 6.45) is 0. The topological polar surface area (TPSA) is 75.1 Å². The van der Waals surface area contributed by atoms with Crippen molar-refractivity contribution in [3.05, 3.63) is 86.0 Å². The van der Waals surface area contributed by atoms with Crippen molar-refractivity contribution in [1.29, 1.82) is 0 Å². The van der Waals surface area contributed by atoms with Gasteiger partial charge >= 0.3 is 5.69 Å². The summed E-state index contributed by atoms with van der Waals surface area (Å²) in [5.41, 5.74) is 0.0550. The van der Waals surface area contributed by atoms with Crippen LogP contribution in [0.25, 0.3) is 11.1 Å². The fraction of sp³-hybridized carbons (Fsp3) is 0.0588. The Kier molecular flexibility index (Phi) is 4.04. The lowest BCUT2D eigenvalue weighted by atomic mass is 10.1. The number of aromatic hydroxyl groups is 1. The molecule has 0 atom stereocenters. The number of hydrogen-bond donors (Lipinski definition) is 2. The third-order valence-corrected chi connectivity index (χ3v) is 3.74. The van der Waals surface area contributed by atoms with Gasteiger partial charge in [0, 0.05) is 5.02 Å². The average molecular weight is 329 g/mol. The number of H-pyrrole nitrogens is 1. The molecule has 3 rings (SSSR count). The Bertz CT molecular complexity index is 944. The van der Waals surface area contributed by atoms with Gasteiger partial charge in [-0.05, 0) is 23.3 Å². The maximum absolute atomic E-state index is 12.1. The summed E-state index contributed by atoms with van der Waals surface area (Å²) in [6.45, 7) is 0.156. The molecule has 23 heavy (non-hydrogen) atoms. The first-order valence-corrected chi connectivity index (χ1v) is 7.30. The van der Waals surface area contributed by atoms with Crippen LogP contribution in [-0.2, 0) is 6.54 Å². The Labute approximate surface area is 136 Å². The van der Waals surface area contributed by atoms with E-state index in [2.05, 4.69) is 4.98 Å². The smallest absolute Gasteiger partial charge is 0.331 e. The maximum atomic E-state index is 12.1. The molecule has 0 unspecified atom stereocenters. The van der Waals surface area contributed by atoms with Gasteiger partial charge < -0.3 is 5.11 Å². The van der Waals surface area contributed by atoms with Crippen LogP contribution in [0.2, 0.25) is 5.02 Å². The quantitative estimate of drug-likeness (QED) is 0.776. The van der Waals surface area contributed by atoms with E-state index in [1.165, 1.54) is 0 Å². The number of hydrogen-bond acceptors (Lipinski definition) is 3. The Balaban J connectivity index is 2.15. The van der Waals surface area contributed by atoms with Gasteiger partial charge in [-0.2, -0.15) is 0 Å². The second-order valence-electron chi connectivity index (χ2n) is 5.04. The van der Waals surface area contributed by atoms with Crippen LogP contribution in [-0.4, -0.2) is 14.7 Å². The van der Waals surface area contributed by atoms with E-state index in [9.17, 15) is 14.7 Å².